The van der Waals surface area contributed by atoms with Crippen LogP contribution in [0.5, 0.6) is 5.75 Å². The summed E-state index contributed by atoms with van der Waals surface area (Å²) in [4.78, 5) is 0. The number of ether oxygens (including phenoxy) is 1. The number of hydrogen-bond acceptors (Lipinski definition) is 2. The number of rotatable bonds is 7. The molecule has 1 unspecified atom stereocenters. The van der Waals surface area contributed by atoms with Crippen LogP contribution >= 0.6 is 27.5 Å². The molecule has 0 spiro atoms. The molecule has 0 aliphatic rings. The molecule has 0 fully saturated rings. The van der Waals surface area contributed by atoms with Crippen molar-refractivity contribution in [2.45, 2.75) is 12.8 Å². The predicted octanol–water partition coefficient (Wildman–Crippen LogP) is 4.72. The van der Waals surface area contributed by atoms with Crippen molar-refractivity contribution in [1.82, 2.24) is 0 Å². The third-order valence-corrected chi connectivity index (χ3v) is 3.99. The summed E-state index contributed by atoms with van der Waals surface area (Å²) in [6.45, 7) is 0.733. The lowest BCUT2D eigenvalue weighted by molar-refractivity contribution is 0.190. The number of halogens is 2. The molecule has 2 aromatic carbocycles. The summed E-state index contributed by atoms with van der Waals surface area (Å²) in [5.41, 5.74) is 1.14. The Morgan fingerprint density at radius 1 is 1.14 bits per heavy atom. The quantitative estimate of drug-likeness (QED) is 0.765. The van der Waals surface area contributed by atoms with Crippen LogP contribution in [0.25, 0.3) is 0 Å². The Hall–Kier alpha value is -1.03. The van der Waals surface area contributed by atoms with Gasteiger partial charge in [0.05, 0.1) is 6.61 Å². The van der Waals surface area contributed by atoms with E-state index in [1.807, 2.05) is 48.5 Å². The highest BCUT2D eigenvalue weighted by atomic mass is 79.9. The topological polar surface area (TPSA) is 29.5 Å². The van der Waals surface area contributed by atoms with Gasteiger partial charge in [0.15, 0.2) is 0 Å². The molecule has 4 heteroatoms. The Kier molecular flexibility index (Phi) is 6.55. The largest absolute Gasteiger partial charge is 0.494 e. The molecule has 0 saturated carbocycles. The summed E-state index contributed by atoms with van der Waals surface area (Å²) in [6, 6.07) is 15.5. The van der Waals surface area contributed by atoms with E-state index in [1.165, 1.54) is 0 Å². The minimum absolute atomic E-state index is 0.147. The van der Waals surface area contributed by atoms with Crippen molar-refractivity contribution in [3.8, 4) is 5.75 Å². The zero-order chi connectivity index (χ0) is 15.1. The Balaban J connectivity index is 1.82. The highest BCUT2D eigenvalue weighted by Crippen LogP contribution is 2.20. The highest BCUT2D eigenvalue weighted by molar-refractivity contribution is 9.10. The Morgan fingerprint density at radius 2 is 1.95 bits per heavy atom. The maximum Gasteiger partial charge on any atom is 0.120 e. The number of aliphatic hydroxyl groups excluding tert-OH is 1. The molecule has 0 heterocycles. The first kappa shape index (κ1) is 16.3. The molecule has 0 amide bonds. The van der Waals surface area contributed by atoms with Crippen molar-refractivity contribution in [2.75, 3.05) is 13.2 Å². The molecule has 1 N–H and O–H groups in total. The summed E-state index contributed by atoms with van der Waals surface area (Å²) in [5, 5.41) is 10.2. The van der Waals surface area contributed by atoms with Gasteiger partial charge in [-0.1, -0.05) is 45.7 Å². The van der Waals surface area contributed by atoms with Gasteiger partial charge in [-0.3, -0.25) is 0 Å². The van der Waals surface area contributed by atoms with Crippen molar-refractivity contribution >= 4 is 27.5 Å². The fourth-order valence-electron chi connectivity index (χ4n) is 2.16. The van der Waals surface area contributed by atoms with Crippen molar-refractivity contribution < 1.29 is 9.84 Å². The van der Waals surface area contributed by atoms with Crippen LogP contribution < -0.4 is 4.74 Å². The zero-order valence-corrected chi connectivity index (χ0v) is 14.0. The first-order valence-electron chi connectivity index (χ1n) is 6.91. The molecule has 0 aromatic heterocycles. The first-order chi connectivity index (χ1) is 10.2. The van der Waals surface area contributed by atoms with E-state index >= 15 is 0 Å². The first-order valence-corrected chi connectivity index (χ1v) is 8.08. The van der Waals surface area contributed by atoms with Crippen LogP contribution in [0.4, 0.5) is 0 Å². The smallest absolute Gasteiger partial charge is 0.120 e. The molecule has 21 heavy (non-hydrogen) atoms. The maximum atomic E-state index is 9.50. The Morgan fingerprint density at radius 3 is 2.67 bits per heavy atom. The highest BCUT2D eigenvalue weighted by Gasteiger charge is 2.09. The molecule has 2 aromatic rings. The molecule has 1 atom stereocenters. The van der Waals surface area contributed by atoms with E-state index in [-0.39, 0.29) is 12.5 Å². The van der Waals surface area contributed by atoms with E-state index in [0.29, 0.717) is 6.61 Å². The van der Waals surface area contributed by atoms with Crippen molar-refractivity contribution in [1.29, 1.82) is 0 Å². The molecular weight excluding hydrogens is 352 g/mol. The number of hydrogen-bond donors (Lipinski definition) is 1. The normalized spacial score (nSPS) is 12.1. The van der Waals surface area contributed by atoms with Crippen LogP contribution in [-0.2, 0) is 6.42 Å². The van der Waals surface area contributed by atoms with Crippen molar-refractivity contribution in [3.63, 3.8) is 0 Å². The summed E-state index contributed by atoms with van der Waals surface area (Å²) in [6.07, 6.45) is 1.61. The van der Waals surface area contributed by atoms with E-state index in [4.69, 9.17) is 16.3 Å². The average molecular weight is 370 g/mol. The van der Waals surface area contributed by atoms with E-state index in [2.05, 4.69) is 15.9 Å². The predicted molar refractivity (Wildman–Crippen MR) is 90.0 cm³/mol. The average Bonchev–Trinajstić information content (AvgIpc) is 2.46. The second kappa shape index (κ2) is 8.42. The Bertz CT molecular complexity index is 574. The lowest BCUT2D eigenvalue weighted by Gasteiger charge is -2.15. The van der Waals surface area contributed by atoms with Gasteiger partial charge in [-0.05, 0) is 54.7 Å². The summed E-state index contributed by atoms with van der Waals surface area (Å²) >= 11 is 9.39. The standard InChI is InChI=1S/C17H18BrClO2/c18-15-4-2-6-17(11-15)21-8-7-14(12-20)9-13-3-1-5-16(19)10-13/h1-6,10-11,14,20H,7-9,12H2. The van der Waals surface area contributed by atoms with Gasteiger partial charge in [0.1, 0.15) is 5.75 Å². The van der Waals surface area contributed by atoms with Gasteiger partial charge in [-0.15, -0.1) is 0 Å². The fraction of sp³-hybridized carbons (Fsp3) is 0.294. The van der Waals surface area contributed by atoms with Gasteiger partial charge in [0.2, 0.25) is 0 Å². The van der Waals surface area contributed by atoms with Crippen LogP contribution in [0.3, 0.4) is 0 Å². The lowest BCUT2D eigenvalue weighted by atomic mass is 9.97. The summed E-state index contributed by atoms with van der Waals surface area (Å²) < 4.78 is 6.71. The van der Waals surface area contributed by atoms with E-state index in [0.717, 1.165) is 33.6 Å². The van der Waals surface area contributed by atoms with Crippen LogP contribution in [0, 0.1) is 5.92 Å². The minimum atomic E-state index is 0.147. The molecular formula is C17H18BrClO2. The van der Waals surface area contributed by atoms with Crippen molar-refractivity contribution in [3.05, 3.63) is 63.6 Å². The van der Waals surface area contributed by atoms with Gasteiger partial charge < -0.3 is 9.84 Å². The molecule has 0 aliphatic carbocycles. The third-order valence-electron chi connectivity index (χ3n) is 3.26. The monoisotopic (exact) mass is 368 g/mol. The molecule has 0 radical (unpaired) electrons. The second-order valence-corrected chi connectivity index (χ2v) is 6.33. The minimum Gasteiger partial charge on any atom is -0.494 e. The SMILES string of the molecule is OCC(CCOc1cccc(Br)c1)Cc1cccc(Cl)c1. The lowest BCUT2D eigenvalue weighted by Crippen LogP contribution is -2.14. The van der Waals surface area contributed by atoms with E-state index < -0.39 is 0 Å². The molecule has 112 valence electrons. The van der Waals surface area contributed by atoms with Gasteiger partial charge >= 0.3 is 0 Å². The maximum absolute atomic E-state index is 9.50. The van der Waals surface area contributed by atoms with Crippen LogP contribution in [0.2, 0.25) is 5.02 Å². The van der Waals surface area contributed by atoms with Gasteiger partial charge in [0.25, 0.3) is 0 Å². The van der Waals surface area contributed by atoms with Gasteiger partial charge in [0, 0.05) is 16.1 Å². The molecule has 2 nitrogen and oxygen atoms in total. The molecule has 0 saturated heterocycles. The van der Waals surface area contributed by atoms with Gasteiger partial charge in [-0.2, -0.15) is 0 Å². The van der Waals surface area contributed by atoms with E-state index in [9.17, 15) is 5.11 Å². The third kappa shape index (κ3) is 5.70. The summed E-state index contributed by atoms with van der Waals surface area (Å²) in [7, 11) is 0. The van der Waals surface area contributed by atoms with Crippen LogP contribution in [0.15, 0.2) is 53.0 Å². The molecule has 0 bridgehead atoms. The van der Waals surface area contributed by atoms with Crippen LogP contribution in [0.1, 0.15) is 12.0 Å². The van der Waals surface area contributed by atoms with Crippen LogP contribution in [-0.4, -0.2) is 18.3 Å². The number of aliphatic hydroxyl groups is 1. The fourth-order valence-corrected chi connectivity index (χ4v) is 2.75. The Labute approximate surface area is 138 Å². The molecule has 0 aliphatic heterocycles. The summed E-state index contributed by atoms with van der Waals surface area (Å²) in [5.74, 6) is 1.01. The van der Waals surface area contributed by atoms with Gasteiger partial charge in [-0.25, -0.2) is 0 Å². The van der Waals surface area contributed by atoms with Crippen molar-refractivity contribution in [2.24, 2.45) is 5.92 Å². The molecule has 2 rings (SSSR count). The number of benzene rings is 2. The zero-order valence-electron chi connectivity index (χ0n) is 11.6. The van der Waals surface area contributed by atoms with E-state index in [1.54, 1.807) is 0 Å². The second-order valence-electron chi connectivity index (χ2n) is 4.98.